The molecule has 0 aromatic heterocycles. The van der Waals surface area contributed by atoms with Gasteiger partial charge in [0.05, 0.1) is 0 Å². The molecule has 7 heavy (non-hydrogen) atoms. The van der Waals surface area contributed by atoms with Crippen molar-refractivity contribution in [2.24, 2.45) is 0 Å². The first-order chi connectivity index (χ1) is 3.06. The van der Waals surface area contributed by atoms with E-state index in [0.717, 1.165) is 0 Å². The molecule has 0 aromatic carbocycles. The lowest BCUT2D eigenvalue weighted by Crippen LogP contribution is -2.11. The molecule has 0 saturated carbocycles. The fraction of sp³-hybridized carbons (Fsp3) is 0.500. The van der Waals surface area contributed by atoms with Crippen molar-refractivity contribution in [2.45, 2.75) is 13.1 Å². The third-order valence-electron chi connectivity index (χ3n) is 0.344. The molecule has 0 spiro atoms. The maximum absolute atomic E-state index is 5.71. The highest BCUT2D eigenvalue weighted by Crippen LogP contribution is 2.03. The minimum Gasteiger partial charge on any atom is -0.151 e. The molecular formula is C4H6Cl2Si. The van der Waals surface area contributed by atoms with E-state index in [1.165, 1.54) is 0 Å². The predicted octanol–water partition coefficient (Wildman–Crippen LogP) is 2.17. The van der Waals surface area contributed by atoms with Crippen LogP contribution in [0.25, 0.3) is 0 Å². The van der Waals surface area contributed by atoms with Crippen LogP contribution in [0.1, 0.15) is 0 Å². The summed E-state index contributed by atoms with van der Waals surface area (Å²) >= 11 is 10.8. The molecule has 0 aliphatic rings. The van der Waals surface area contributed by atoms with E-state index < -0.39 is 7.38 Å². The summed E-state index contributed by atoms with van der Waals surface area (Å²) in [5.41, 5.74) is 2.70. The standard InChI is InChI=1S/C4H6Cl2Si/c1-7(2,6)4-3-5/h1-2H3. The van der Waals surface area contributed by atoms with E-state index in [4.69, 9.17) is 22.7 Å². The molecule has 0 nitrogen and oxygen atoms in total. The van der Waals surface area contributed by atoms with E-state index in [2.05, 4.69) is 10.9 Å². The minimum atomic E-state index is -1.68. The second-order valence-corrected chi connectivity index (χ2v) is 7.91. The van der Waals surface area contributed by atoms with E-state index in [9.17, 15) is 0 Å². The van der Waals surface area contributed by atoms with Gasteiger partial charge in [-0.1, -0.05) is 5.54 Å². The second-order valence-electron chi connectivity index (χ2n) is 1.69. The van der Waals surface area contributed by atoms with Crippen molar-refractivity contribution in [2.75, 3.05) is 0 Å². The van der Waals surface area contributed by atoms with Gasteiger partial charge in [-0.25, -0.2) is 0 Å². The highest BCUT2D eigenvalue weighted by molar-refractivity contribution is 7.23. The molecule has 40 valence electrons. The van der Waals surface area contributed by atoms with Crippen molar-refractivity contribution in [1.29, 1.82) is 0 Å². The zero-order valence-electron chi connectivity index (χ0n) is 4.26. The summed E-state index contributed by atoms with van der Waals surface area (Å²) in [6.07, 6.45) is 0. The molecule has 0 aromatic rings. The average Bonchev–Trinajstić information content (AvgIpc) is 1.30. The van der Waals surface area contributed by atoms with Gasteiger partial charge in [0.2, 0.25) is 7.38 Å². The summed E-state index contributed by atoms with van der Waals surface area (Å²) in [4.78, 5) is 0. The van der Waals surface area contributed by atoms with Crippen LogP contribution in [0.4, 0.5) is 0 Å². The van der Waals surface area contributed by atoms with E-state index in [0.29, 0.717) is 0 Å². The minimum absolute atomic E-state index is 1.68. The van der Waals surface area contributed by atoms with Crippen LogP contribution < -0.4 is 0 Å². The summed E-state index contributed by atoms with van der Waals surface area (Å²) in [7, 11) is -1.68. The number of rotatable bonds is 0. The largest absolute Gasteiger partial charge is 0.229 e. The van der Waals surface area contributed by atoms with Crippen molar-refractivity contribution >= 4 is 30.1 Å². The van der Waals surface area contributed by atoms with Crippen LogP contribution in [0.15, 0.2) is 0 Å². The normalized spacial score (nSPS) is 9.71. The Bertz CT molecular complexity index is 103. The van der Waals surface area contributed by atoms with Crippen LogP contribution in [0.5, 0.6) is 0 Å². The second kappa shape index (κ2) is 2.61. The Morgan fingerprint density at radius 3 is 1.86 bits per heavy atom. The zero-order valence-corrected chi connectivity index (χ0v) is 6.77. The van der Waals surface area contributed by atoms with Gasteiger partial charge in [-0.15, -0.1) is 0 Å². The molecule has 0 unspecified atom stereocenters. The molecule has 0 aliphatic carbocycles. The first-order valence-corrected chi connectivity index (χ1v) is 6.27. The smallest absolute Gasteiger partial charge is 0.151 e. The van der Waals surface area contributed by atoms with E-state index in [1.807, 2.05) is 13.1 Å². The summed E-state index contributed by atoms with van der Waals surface area (Å²) in [5.74, 6) is 0. The van der Waals surface area contributed by atoms with Crippen LogP contribution >= 0.6 is 22.7 Å². The number of hydrogen-bond donors (Lipinski definition) is 0. The first-order valence-electron chi connectivity index (χ1n) is 1.88. The average molecular weight is 153 g/mol. The maximum Gasteiger partial charge on any atom is 0.229 e. The van der Waals surface area contributed by atoms with Gasteiger partial charge >= 0.3 is 0 Å². The van der Waals surface area contributed by atoms with Gasteiger partial charge in [0.1, 0.15) is 0 Å². The Hall–Kier alpha value is 0.357. The molecule has 0 radical (unpaired) electrons. The maximum atomic E-state index is 5.71. The first kappa shape index (κ1) is 7.36. The van der Waals surface area contributed by atoms with Crippen LogP contribution in [0, 0.1) is 10.9 Å². The van der Waals surface area contributed by atoms with E-state index in [-0.39, 0.29) is 0 Å². The van der Waals surface area contributed by atoms with Gasteiger partial charge in [0, 0.05) is 0 Å². The molecular weight excluding hydrogens is 147 g/mol. The van der Waals surface area contributed by atoms with Crippen molar-refractivity contribution < 1.29 is 0 Å². The summed E-state index contributed by atoms with van der Waals surface area (Å²) < 4.78 is 0. The highest BCUT2D eigenvalue weighted by atomic mass is 35.6. The SMILES string of the molecule is C[Si](C)(Cl)C#CCl. The summed E-state index contributed by atoms with van der Waals surface area (Å²) in [6, 6.07) is 0. The van der Waals surface area contributed by atoms with Crippen molar-refractivity contribution in [3.8, 4) is 10.9 Å². The van der Waals surface area contributed by atoms with Gasteiger partial charge in [-0.05, 0) is 30.1 Å². The van der Waals surface area contributed by atoms with Gasteiger partial charge in [0.25, 0.3) is 0 Å². The summed E-state index contributed by atoms with van der Waals surface area (Å²) in [6.45, 7) is 3.84. The fourth-order valence-corrected chi connectivity index (χ4v) is 1.33. The molecule has 0 fully saturated rings. The highest BCUT2D eigenvalue weighted by Gasteiger charge is 2.11. The molecule has 0 bridgehead atoms. The van der Waals surface area contributed by atoms with E-state index in [1.54, 1.807) is 0 Å². The Morgan fingerprint density at radius 1 is 1.43 bits per heavy atom. The Balaban J connectivity index is 3.72. The fourth-order valence-electron chi connectivity index (χ4n) is 0.112. The monoisotopic (exact) mass is 152 g/mol. The molecule has 0 heterocycles. The Kier molecular flexibility index (Phi) is 2.75. The van der Waals surface area contributed by atoms with Crippen LogP contribution in [0.2, 0.25) is 13.1 Å². The van der Waals surface area contributed by atoms with Gasteiger partial charge in [0.15, 0.2) is 0 Å². The lowest BCUT2D eigenvalue weighted by atomic mass is 11.4. The lowest BCUT2D eigenvalue weighted by Gasteiger charge is -1.97. The molecule has 0 atom stereocenters. The van der Waals surface area contributed by atoms with Gasteiger partial charge in [-0.2, -0.15) is 11.1 Å². The molecule has 3 heteroatoms. The summed E-state index contributed by atoms with van der Waals surface area (Å²) in [5, 5.41) is 2.26. The molecule has 0 rings (SSSR count). The Morgan fingerprint density at radius 2 is 1.86 bits per heavy atom. The van der Waals surface area contributed by atoms with Gasteiger partial charge in [-0.3, -0.25) is 0 Å². The molecule has 0 N–H and O–H groups in total. The molecule has 0 saturated heterocycles. The van der Waals surface area contributed by atoms with Crippen molar-refractivity contribution in [3.05, 3.63) is 0 Å². The van der Waals surface area contributed by atoms with Crippen molar-refractivity contribution in [3.63, 3.8) is 0 Å². The quantitative estimate of drug-likeness (QED) is 0.284. The van der Waals surface area contributed by atoms with Crippen LogP contribution in [-0.2, 0) is 0 Å². The zero-order chi connectivity index (χ0) is 5.91. The number of halogens is 2. The van der Waals surface area contributed by atoms with Crippen molar-refractivity contribution in [1.82, 2.24) is 0 Å². The van der Waals surface area contributed by atoms with Crippen LogP contribution in [0.3, 0.4) is 0 Å². The van der Waals surface area contributed by atoms with Gasteiger partial charge < -0.3 is 0 Å². The lowest BCUT2D eigenvalue weighted by molar-refractivity contribution is 2.00. The Labute approximate surface area is 54.5 Å². The molecule has 0 amide bonds. The van der Waals surface area contributed by atoms with E-state index >= 15 is 0 Å². The third-order valence-corrected chi connectivity index (χ3v) is 1.60. The topological polar surface area (TPSA) is 0 Å². The third kappa shape index (κ3) is 6.36. The predicted molar refractivity (Wildman–Crippen MR) is 37.0 cm³/mol. The number of hydrogen-bond acceptors (Lipinski definition) is 0. The molecule has 0 aliphatic heterocycles. The van der Waals surface area contributed by atoms with Crippen LogP contribution in [-0.4, -0.2) is 7.38 Å².